The summed E-state index contributed by atoms with van der Waals surface area (Å²) in [6.07, 6.45) is 1.13. The number of hydrogen-bond acceptors (Lipinski definition) is 3. The molecule has 1 fully saturated rings. The Kier molecular flexibility index (Phi) is 10.3. The molecule has 2 aromatic carbocycles. The fourth-order valence-corrected chi connectivity index (χ4v) is 3.45. The van der Waals surface area contributed by atoms with Crippen LogP contribution in [0.3, 0.4) is 0 Å². The van der Waals surface area contributed by atoms with Gasteiger partial charge in [0, 0.05) is 26.1 Å². The molecule has 1 aliphatic rings. The number of rotatable bonds is 8. The van der Waals surface area contributed by atoms with Crippen LogP contribution in [0.1, 0.15) is 17.5 Å². The molecular weight excluding hydrogens is 477 g/mol. The van der Waals surface area contributed by atoms with E-state index < -0.39 is 0 Å². The molecule has 1 N–H and O–H groups in total. The molecule has 3 rings (SSSR count). The van der Waals surface area contributed by atoms with E-state index in [1.807, 2.05) is 31.3 Å². The number of hydrogen-bond donors (Lipinski definition) is 1. The quantitative estimate of drug-likeness (QED) is 0.252. The zero-order valence-corrected chi connectivity index (χ0v) is 19.7. The van der Waals surface area contributed by atoms with Gasteiger partial charge in [0.2, 0.25) is 0 Å². The van der Waals surface area contributed by atoms with E-state index in [0.29, 0.717) is 19.1 Å². The first kappa shape index (κ1) is 23.5. The number of guanidine groups is 1. The molecule has 0 aliphatic carbocycles. The molecule has 5 nitrogen and oxygen atoms in total. The van der Waals surface area contributed by atoms with Gasteiger partial charge in [-0.15, -0.1) is 24.0 Å². The number of benzene rings is 2. The van der Waals surface area contributed by atoms with E-state index in [4.69, 9.17) is 9.47 Å². The lowest BCUT2D eigenvalue weighted by Gasteiger charge is -2.22. The summed E-state index contributed by atoms with van der Waals surface area (Å²) >= 11 is 0. The predicted octanol–water partition coefficient (Wildman–Crippen LogP) is 4.11. The number of likely N-dealkylation sites (tertiary alicyclic amines) is 1. The normalized spacial score (nSPS) is 16.4. The number of ether oxygens (including phenoxy) is 2. The van der Waals surface area contributed by atoms with E-state index in [1.165, 1.54) is 5.56 Å². The summed E-state index contributed by atoms with van der Waals surface area (Å²) in [5, 5.41) is 3.41. The fraction of sp³-hybridized carbons (Fsp3) is 0.435. The highest BCUT2D eigenvalue weighted by molar-refractivity contribution is 14.0. The number of halogens is 1. The van der Waals surface area contributed by atoms with Crippen LogP contribution in [-0.2, 0) is 11.3 Å². The smallest absolute Gasteiger partial charge is 0.193 e. The van der Waals surface area contributed by atoms with Gasteiger partial charge in [0.15, 0.2) is 5.96 Å². The first-order valence-corrected chi connectivity index (χ1v) is 10.0. The molecule has 1 unspecified atom stereocenters. The van der Waals surface area contributed by atoms with Gasteiger partial charge in [-0.25, -0.2) is 0 Å². The molecular formula is C23H32IN3O2. The summed E-state index contributed by atoms with van der Waals surface area (Å²) in [5.41, 5.74) is 2.38. The van der Waals surface area contributed by atoms with Crippen molar-refractivity contribution in [3.05, 3.63) is 65.7 Å². The van der Waals surface area contributed by atoms with Gasteiger partial charge in [-0.1, -0.05) is 48.5 Å². The molecule has 1 heterocycles. The maximum absolute atomic E-state index is 5.92. The Balaban J connectivity index is 0.00000300. The SMILES string of the molecule is CN=C(NCCOc1ccccc1C)N1CCC(COCc2ccccc2)C1.I. The third-order valence-electron chi connectivity index (χ3n) is 5.00. The molecule has 2 aromatic rings. The fourth-order valence-electron chi connectivity index (χ4n) is 3.45. The van der Waals surface area contributed by atoms with Gasteiger partial charge in [-0.3, -0.25) is 4.99 Å². The maximum atomic E-state index is 5.92. The highest BCUT2D eigenvalue weighted by Crippen LogP contribution is 2.18. The Hall–Kier alpha value is -1.80. The van der Waals surface area contributed by atoms with Crippen molar-refractivity contribution in [3.63, 3.8) is 0 Å². The molecule has 29 heavy (non-hydrogen) atoms. The molecule has 1 saturated heterocycles. The largest absolute Gasteiger partial charge is 0.491 e. The van der Waals surface area contributed by atoms with E-state index in [1.54, 1.807) is 0 Å². The molecule has 0 saturated carbocycles. The van der Waals surface area contributed by atoms with Crippen LogP contribution in [0.2, 0.25) is 0 Å². The highest BCUT2D eigenvalue weighted by Gasteiger charge is 2.24. The Labute approximate surface area is 191 Å². The lowest BCUT2D eigenvalue weighted by atomic mass is 10.1. The van der Waals surface area contributed by atoms with Crippen LogP contribution in [0, 0.1) is 12.8 Å². The Morgan fingerprint density at radius 1 is 1.14 bits per heavy atom. The second kappa shape index (κ2) is 12.7. The Bertz CT molecular complexity index is 755. The van der Waals surface area contributed by atoms with Crippen LogP contribution >= 0.6 is 24.0 Å². The van der Waals surface area contributed by atoms with Crippen molar-refractivity contribution in [2.24, 2.45) is 10.9 Å². The molecule has 0 aromatic heterocycles. The molecule has 158 valence electrons. The summed E-state index contributed by atoms with van der Waals surface area (Å²) in [6.45, 7) is 6.87. The van der Waals surface area contributed by atoms with Crippen molar-refractivity contribution in [2.75, 3.05) is 39.9 Å². The predicted molar refractivity (Wildman–Crippen MR) is 129 cm³/mol. The average molecular weight is 509 g/mol. The van der Waals surface area contributed by atoms with Crippen molar-refractivity contribution < 1.29 is 9.47 Å². The van der Waals surface area contributed by atoms with Crippen molar-refractivity contribution in [3.8, 4) is 5.75 Å². The van der Waals surface area contributed by atoms with E-state index in [2.05, 4.69) is 52.5 Å². The van der Waals surface area contributed by atoms with Gasteiger partial charge < -0.3 is 19.7 Å². The number of nitrogens with zero attached hydrogens (tertiary/aromatic N) is 2. The van der Waals surface area contributed by atoms with Crippen LogP contribution < -0.4 is 10.1 Å². The van der Waals surface area contributed by atoms with Crippen LogP contribution in [0.5, 0.6) is 5.75 Å². The molecule has 0 amide bonds. The van der Waals surface area contributed by atoms with E-state index >= 15 is 0 Å². The summed E-state index contributed by atoms with van der Waals surface area (Å²) < 4.78 is 11.8. The molecule has 1 atom stereocenters. The van der Waals surface area contributed by atoms with Gasteiger partial charge in [0.25, 0.3) is 0 Å². The minimum Gasteiger partial charge on any atom is -0.491 e. The maximum Gasteiger partial charge on any atom is 0.193 e. The number of aryl methyl sites for hydroxylation is 1. The van der Waals surface area contributed by atoms with Crippen LogP contribution in [0.15, 0.2) is 59.6 Å². The molecule has 1 aliphatic heterocycles. The minimum absolute atomic E-state index is 0. The van der Waals surface area contributed by atoms with Crippen LogP contribution in [-0.4, -0.2) is 50.8 Å². The number of aliphatic imine (C=N–C) groups is 1. The van der Waals surface area contributed by atoms with Gasteiger partial charge >= 0.3 is 0 Å². The van der Waals surface area contributed by atoms with Crippen molar-refractivity contribution in [2.45, 2.75) is 20.0 Å². The van der Waals surface area contributed by atoms with Crippen molar-refractivity contribution in [1.82, 2.24) is 10.2 Å². The van der Waals surface area contributed by atoms with Gasteiger partial charge in [-0.2, -0.15) is 0 Å². The van der Waals surface area contributed by atoms with Crippen LogP contribution in [0.25, 0.3) is 0 Å². The van der Waals surface area contributed by atoms with E-state index in [0.717, 1.165) is 49.9 Å². The standard InChI is InChI=1S/C23H31N3O2.HI/c1-19-8-6-7-11-22(19)28-15-13-25-23(24-2)26-14-12-21(16-26)18-27-17-20-9-4-3-5-10-20;/h3-11,21H,12-18H2,1-2H3,(H,24,25);1H. The second-order valence-electron chi connectivity index (χ2n) is 7.19. The van der Waals surface area contributed by atoms with E-state index in [-0.39, 0.29) is 24.0 Å². The summed E-state index contributed by atoms with van der Waals surface area (Å²) in [5.74, 6) is 2.43. The Morgan fingerprint density at radius 3 is 2.66 bits per heavy atom. The summed E-state index contributed by atoms with van der Waals surface area (Å²) in [6, 6.07) is 18.4. The summed E-state index contributed by atoms with van der Waals surface area (Å²) in [4.78, 5) is 6.74. The zero-order chi connectivity index (χ0) is 19.6. The molecule has 6 heteroatoms. The van der Waals surface area contributed by atoms with E-state index in [9.17, 15) is 0 Å². The Morgan fingerprint density at radius 2 is 1.90 bits per heavy atom. The first-order valence-electron chi connectivity index (χ1n) is 10.0. The van der Waals surface area contributed by atoms with Gasteiger partial charge in [-0.05, 0) is 30.5 Å². The topological polar surface area (TPSA) is 46.1 Å². The van der Waals surface area contributed by atoms with Gasteiger partial charge in [0.1, 0.15) is 12.4 Å². The second-order valence-corrected chi connectivity index (χ2v) is 7.19. The number of para-hydroxylation sites is 1. The van der Waals surface area contributed by atoms with Crippen molar-refractivity contribution in [1.29, 1.82) is 0 Å². The summed E-state index contributed by atoms with van der Waals surface area (Å²) in [7, 11) is 1.84. The lowest BCUT2D eigenvalue weighted by molar-refractivity contribution is 0.0906. The average Bonchev–Trinajstić information content (AvgIpc) is 3.19. The zero-order valence-electron chi connectivity index (χ0n) is 17.3. The third kappa shape index (κ3) is 7.51. The molecule has 0 bridgehead atoms. The lowest BCUT2D eigenvalue weighted by Crippen LogP contribution is -2.41. The molecule has 0 radical (unpaired) electrons. The minimum atomic E-state index is 0. The highest BCUT2D eigenvalue weighted by atomic mass is 127. The monoisotopic (exact) mass is 509 g/mol. The molecule has 0 spiro atoms. The first-order chi connectivity index (χ1) is 13.8. The number of nitrogens with one attached hydrogen (secondary N) is 1. The van der Waals surface area contributed by atoms with Crippen molar-refractivity contribution >= 4 is 29.9 Å². The van der Waals surface area contributed by atoms with Crippen LogP contribution in [0.4, 0.5) is 0 Å². The van der Waals surface area contributed by atoms with Gasteiger partial charge in [0.05, 0.1) is 19.8 Å². The third-order valence-corrected chi connectivity index (χ3v) is 5.00.